The normalized spacial score (nSPS) is 15.5. The van der Waals surface area contributed by atoms with Crippen LogP contribution >= 0.6 is 22.7 Å². The van der Waals surface area contributed by atoms with Crippen LogP contribution in [-0.4, -0.2) is 11.1 Å². The van der Waals surface area contributed by atoms with Crippen molar-refractivity contribution in [1.82, 2.24) is 4.57 Å². The lowest BCUT2D eigenvalue weighted by Crippen LogP contribution is -2.31. The highest BCUT2D eigenvalue weighted by Crippen LogP contribution is 2.36. The van der Waals surface area contributed by atoms with E-state index in [1.54, 1.807) is 22.7 Å². The Hall–Kier alpha value is -4.00. The number of nitrogens with one attached hydrogen (secondary N) is 1. The third kappa shape index (κ3) is 5.63. The molecule has 206 valence electrons. The summed E-state index contributed by atoms with van der Waals surface area (Å²) in [5.41, 5.74) is 6.12. The largest absolute Gasteiger partial charge is 0.348 e. The fourth-order valence-electron chi connectivity index (χ4n) is 5.43. The molecule has 0 amide bonds. The lowest BCUT2D eigenvalue weighted by molar-refractivity contribution is -0.359. The van der Waals surface area contributed by atoms with Crippen molar-refractivity contribution in [2.45, 2.75) is 39.2 Å². The minimum absolute atomic E-state index is 0.106. The first-order chi connectivity index (χ1) is 20.2. The Labute approximate surface area is 248 Å². The number of para-hydroxylation sites is 1. The highest BCUT2D eigenvalue weighted by atomic mass is 32.1. The number of hydrogen-bond acceptors (Lipinski definition) is 4. The molecule has 1 N–H and O–H groups in total. The van der Waals surface area contributed by atoms with Gasteiger partial charge in [-0.25, -0.2) is 0 Å². The van der Waals surface area contributed by atoms with Crippen LogP contribution in [0.3, 0.4) is 0 Å². The first-order valence-electron chi connectivity index (χ1n) is 14.3. The number of rotatable bonds is 8. The van der Waals surface area contributed by atoms with Crippen molar-refractivity contribution < 1.29 is 4.98 Å². The number of anilines is 1. The first kappa shape index (κ1) is 27.2. The Kier molecular flexibility index (Phi) is 8.12. The van der Waals surface area contributed by atoms with Gasteiger partial charge in [-0.3, -0.25) is 9.36 Å². The van der Waals surface area contributed by atoms with Gasteiger partial charge in [0.15, 0.2) is 0 Å². The molecule has 0 aliphatic carbocycles. The second-order valence-corrected chi connectivity index (χ2v) is 12.3. The number of hydrogen-bond donors (Lipinski definition) is 0. The van der Waals surface area contributed by atoms with Gasteiger partial charge in [-0.05, 0) is 49.1 Å². The van der Waals surface area contributed by atoms with Gasteiger partial charge in [0.2, 0.25) is 5.69 Å². The summed E-state index contributed by atoms with van der Waals surface area (Å²) in [7, 11) is 0. The van der Waals surface area contributed by atoms with Crippen molar-refractivity contribution in [3.63, 3.8) is 0 Å². The van der Waals surface area contributed by atoms with Crippen molar-refractivity contribution in [3.05, 3.63) is 127 Å². The SMILES string of the molecule is CCCn1c(=O)/c(=C\CC2C=CN(CC)c3ccccc32)s/c1=C\c1[nH+]c(-c2ccccc2)c(-c2ccccc2)s1. The number of aromatic nitrogens is 2. The molecule has 1 aliphatic rings. The molecule has 5 aromatic rings. The monoisotopic (exact) mass is 576 g/mol. The first-order valence-corrected chi connectivity index (χ1v) is 15.9. The molecule has 0 fully saturated rings. The molecule has 0 radical (unpaired) electrons. The zero-order valence-electron chi connectivity index (χ0n) is 23.4. The number of aromatic amines is 1. The summed E-state index contributed by atoms with van der Waals surface area (Å²) in [5.74, 6) is 0.259. The van der Waals surface area contributed by atoms with Crippen LogP contribution in [0.2, 0.25) is 0 Å². The Morgan fingerprint density at radius 3 is 2.32 bits per heavy atom. The predicted molar refractivity (Wildman–Crippen MR) is 174 cm³/mol. The fraction of sp³-hybridized carbons (Fsp3) is 0.200. The molecular weight excluding hydrogens is 543 g/mol. The molecule has 3 aromatic carbocycles. The third-order valence-electron chi connectivity index (χ3n) is 7.47. The summed E-state index contributed by atoms with van der Waals surface area (Å²) in [5, 5.41) is 1.03. The fourth-order valence-corrected chi connectivity index (χ4v) is 7.64. The van der Waals surface area contributed by atoms with E-state index in [1.165, 1.54) is 21.7 Å². The molecule has 6 rings (SSSR count). The Morgan fingerprint density at radius 1 is 0.878 bits per heavy atom. The van der Waals surface area contributed by atoms with Crippen molar-refractivity contribution in [3.8, 4) is 21.7 Å². The summed E-state index contributed by atoms with van der Waals surface area (Å²) in [6, 6.07) is 29.6. The average molecular weight is 577 g/mol. The maximum atomic E-state index is 13.6. The van der Waals surface area contributed by atoms with Crippen molar-refractivity contribution >= 4 is 40.5 Å². The molecular formula is C35H34N3OS2+. The van der Waals surface area contributed by atoms with E-state index in [1.807, 2.05) is 16.7 Å². The molecule has 6 heteroatoms. The number of fused-ring (bicyclic) bond motifs is 1. The molecule has 0 saturated carbocycles. The quantitative estimate of drug-likeness (QED) is 0.207. The molecule has 1 atom stereocenters. The molecule has 0 spiro atoms. The zero-order valence-corrected chi connectivity index (χ0v) is 25.1. The van der Waals surface area contributed by atoms with E-state index in [0.29, 0.717) is 6.54 Å². The van der Waals surface area contributed by atoms with Crippen LogP contribution in [0.25, 0.3) is 33.9 Å². The second-order valence-electron chi connectivity index (χ2n) is 10.2. The van der Waals surface area contributed by atoms with E-state index in [0.717, 1.165) is 44.8 Å². The predicted octanol–water partition coefficient (Wildman–Crippen LogP) is 6.67. The molecule has 1 aliphatic heterocycles. The van der Waals surface area contributed by atoms with Gasteiger partial charge in [-0.15, -0.1) is 11.3 Å². The molecule has 3 heterocycles. The van der Waals surface area contributed by atoms with Gasteiger partial charge in [0.25, 0.3) is 10.6 Å². The van der Waals surface area contributed by atoms with E-state index in [2.05, 4.69) is 121 Å². The van der Waals surface area contributed by atoms with Crippen LogP contribution in [0, 0.1) is 0 Å². The number of nitrogens with zero attached hydrogens (tertiary/aromatic N) is 2. The molecule has 4 nitrogen and oxygen atoms in total. The van der Waals surface area contributed by atoms with Gasteiger partial charge >= 0.3 is 0 Å². The lowest BCUT2D eigenvalue weighted by atomic mass is 9.91. The molecule has 41 heavy (non-hydrogen) atoms. The van der Waals surface area contributed by atoms with Gasteiger partial charge in [-0.2, -0.15) is 4.98 Å². The van der Waals surface area contributed by atoms with Crippen molar-refractivity contribution in [2.75, 3.05) is 11.4 Å². The summed E-state index contributed by atoms with van der Waals surface area (Å²) in [6.45, 7) is 5.94. The Morgan fingerprint density at radius 2 is 1.59 bits per heavy atom. The molecule has 1 unspecified atom stereocenters. The van der Waals surface area contributed by atoms with E-state index in [9.17, 15) is 4.79 Å². The number of allylic oxidation sites excluding steroid dienone is 1. The van der Waals surface area contributed by atoms with Gasteiger partial charge in [0, 0.05) is 36.5 Å². The third-order valence-corrected chi connectivity index (χ3v) is 9.66. The smallest absolute Gasteiger partial charge is 0.268 e. The molecule has 0 saturated heterocycles. The van der Waals surface area contributed by atoms with E-state index < -0.39 is 0 Å². The van der Waals surface area contributed by atoms with E-state index in [4.69, 9.17) is 0 Å². The Balaban J connectivity index is 1.41. The van der Waals surface area contributed by atoms with E-state index >= 15 is 0 Å². The maximum Gasteiger partial charge on any atom is 0.268 e. The van der Waals surface area contributed by atoms with Crippen molar-refractivity contribution in [1.29, 1.82) is 0 Å². The molecule has 2 aromatic heterocycles. The summed E-state index contributed by atoms with van der Waals surface area (Å²) < 4.78 is 3.74. The van der Waals surface area contributed by atoms with Gasteiger partial charge < -0.3 is 4.90 Å². The van der Waals surface area contributed by atoms with Crippen LogP contribution in [0.1, 0.15) is 43.2 Å². The standard InChI is InChI=1S/C35H33N3OS2/c1-3-22-38-32(24-31-36-33(26-13-7-5-8-14-26)34(41-31)27-15-9-6-10-16-27)40-30(35(38)39)20-19-25-21-23-37(4-2)29-18-12-11-17-28(25)29/h5-18,20-21,23-25H,3-4,19,22H2,1-2H3/p+1/b30-20+,32-24-. The molecule has 0 bridgehead atoms. The highest BCUT2D eigenvalue weighted by molar-refractivity contribution is 7.16. The average Bonchev–Trinajstić information content (AvgIpc) is 3.58. The number of thiazole rings is 2. The number of benzene rings is 3. The summed E-state index contributed by atoms with van der Waals surface area (Å²) in [4.78, 5) is 20.7. The number of H-pyrrole nitrogens is 1. The highest BCUT2D eigenvalue weighted by Gasteiger charge is 2.21. The van der Waals surface area contributed by atoms with Gasteiger partial charge in [0.1, 0.15) is 9.54 Å². The zero-order chi connectivity index (χ0) is 28.2. The second kappa shape index (κ2) is 12.2. The minimum Gasteiger partial charge on any atom is -0.348 e. The van der Waals surface area contributed by atoms with Crippen LogP contribution < -0.4 is 24.6 Å². The summed E-state index contributed by atoms with van der Waals surface area (Å²) >= 11 is 3.33. The topological polar surface area (TPSA) is 39.4 Å². The summed E-state index contributed by atoms with van der Waals surface area (Å²) in [6.07, 6.45) is 10.5. The van der Waals surface area contributed by atoms with Crippen molar-refractivity contribution in [2.24, 2.45) is 0 Å². The minimum atomic E-state index is 0.106. The van der Waals surface area contributed by atoms with Gasteiger partial charge in [0.05, 0.1) is 10.6 Å². The van der Waals surface area contributed by atoms with Crippen LogP contribution in [0.4, 0.5) is 5.69 Å². The van der Waals surface area contributed by atoms with Crippen LogP contribution in [-0.2, 0) is 6.54 Å². The van der Waals surface area contributed by atoms with Gasteiger partial charge in [-0.1, -0.05) is 97.1 Å². The van der Waals surface area contributed by atoms with E-state index in [-0.39, 0.29) is 11.5 Å². The lowest BCUT2D eigenvalue weighted by Gasteiger charge is -2.29. The van der Waals surface area contributed by atoms with Crippen LogP contribution in [0.15, 0.2) is 102 Å². The Bertz CT molecular complexity index is 1790. The van der Waals surface area contributed by atoms with Crippen LogP contribution in [0.5, 0.6) is 0 Å². The maximum absolute atomic E-state index is 13.6.